The molecule has 1 heterocycles. The lowest BCUT2D eigenvalue weighted by Crippen LogP contribution is -2.37. The maximum absolute atomic E-state index is 13.3. The molecule has 2 rings (SSSR count). The van der Waals surface area contributed by atoms with Gasteiger partial charge in [0.25, 0.3) is 11.8 Å². The van der Waals surface area contributed by atoms with Crippen molar-refractivity contribution in [3.63, 3.8) is 0 Å². The fourth-order valence-corrected chi connectivity index (χ4v) is 6.52. The predicted molar refractivity (Wildman–Crippen MR) is 204 cm³/mol. The molecule has 1 aliphatic heterocycles. The van der Waals surface area contributed by atoms with E-state index >= 15 is 0 Å². The predicted octanol–water partition coefficient (Wildman–Crippen LogP) is 3.46. The number of benzene rings is 1. The van der Waals surface area contributed by atoms with Crippen LogP contribution in [0.25, 0.3) is 20.9 Å². The molecule has 0 aliphatic carbocycles. The van der Waals surface area contributed by atoms with Crippen LogP contribution in [0.4, 0.5) is 4.79 Å². The number of hydrogen-bond acceptors (Lipinski definition) is 16. The van der Waals surface area contributed by atoms with E-state index in [-0.39, 0.29) is 95.5 Å². The Balaban J connectivity index is 1.88. The molecule has 1 aliphatic rings. The Hall–Kier alpha value is -4.57. The lowest BCUT2D eigenvalue weighted by molar-refractivity contribution is -0.178. The van der Waals surface area contributed by atoms with Gasteiger partial charge in [0.05, 0.1) is 89.9 Å². The third-order valence-corrected chi connectivity index (χ3v) is 9.84. The Morgan fingerprint density at radius 1 is 0.741 bits per heavy atom. The van der Waals surface area contributed by atoms with Gasteiger partial charge < -0.3 is 38.1 Å². The summed E-state index contributed by atoms with van der Waals surface area (Å²) in [5.74, 6) is -2.22. The highest BCUT2D eigenvalue weighted by atomic mass is 32.2. The maximum Gasteiger partial charge on any atom is 0.534 e. The molecule has 324 valence electrons. The van der Waals surface area contributed by atoms with Gasteiger partial charge in [-0.05, 0) is 49.4 Å². The molecule has 1 aromatic rings. The van der Waals surface area contributed by atoms with Gasteiger partial charge in [0.15, 0.2) is 9.84 Å². The van der Waals surface area contributed by atoms with E-state index in [1.54, 1.807) is 17.0 Å². The fourth-order valence-electron chi connectivity index (χ4n) is 5.05. The first-order valence-corrected chi connectivity index (χ1v) is 20.5. The van der Waals surface area contributed by atoms with Gasteiger partial charge in [-0.2, -0.15) is 0 Å². The van der Waals surface area contributed by atoms with Gasteiger partial charge in [-0.3, -0.25) is 19.2 Å². The van der Waals surface area contributed by atoms with Crippen LogP contribution in [0.5, 0.6) is 0 Å². The largest absolute Gasteiger partial charge is 0.534 e. The molecule has 1 atom stereocenters. The van der Waals surface area contributed by atoms with Gasteiger partial charge in [0.1, 0.15) is 6.10 Å². The zero-order valence-electron chi connectivity index (χ0n) is 32.9. The molecule has 58 heavy (non-hydrogen) atoms. The Labute approximate surface area is 337 Å². The quantitative estimate of drug-likeness (QED) is 0.0240. The number of azide groups is 2. The molecular weight excluding hydrogens is 788 g/mol. The van der Waals surface area contributed by atoms with Gasteiger partial charge in [0, 0.05) is 55.3 Å². The second-order valence-corrected chi connectivity index (χ2v) is 14.5. The molecule has 22 nitrogen and oxygen atoms in total. The number of ether oxygens (including phenoxy) is 7. The van der Waals surface area contributed by atoms with Crippen LogP contribution in [0.1, 0.15) is 44.1 Å². The summed E-state index contributed by atoms with van der Waals surface area (Å²) < 4.78 is 64.6. The van der Waals surface area contributed by atoms with Crippen molar-refractivity contribution >= 4 is 33.7 Å². The molecule has 0 spiro atoms. The fraction of sp³-hybridized carbons (Fsp3) is 0.714. The maximum atomic E-state index is 13.3. The molecule has 3 amide bonds. The highest BCUT2D eigenvalue weighted by Gasteiger charge is 2.34. The van der Waals surface area contributed by atoms with Gasteiger partial charge >= 0.3 is 6.16 Å². The number of nitrogens with zero attached hydrogens (tertiary/aromatic N) is 8. The van der Waals surface area contributed by atoms with E-state index in [9.17, 15) is 27.6 Å². The minimum Gasteiger partial charge on any atom is -0.428 e. The Morgan fingerprint density at radius 2 is 1.21 bits per heavy atom. The van der Waals surface area contributed by atoms with E-state index in [0.717, 1.165) is 5.56 Å². The Morgan fingerprint density at radius 3 is 1.69 bits per heavy atom. The Kier molecular flexibility index (Phi) is 26.1. The van der Waals surface area contributed by atoms with Gasteiger partial charge in [-0.25, -0.2) is 13.2 Å². The molecule has 1 aromatic carbocycles. The molecule has 0 saturated carbocycles. The lowest BCUT2D eigenvalue weighted by atomic mass is 10.1. The van der Waals surface area contributed by atoms with Crippen molar-refractivity contribution in [2.75, 3.05) is 111 Å². The standard InChI is InChI=1S/C35H54N8O14S/c1-29-6-8-31(9-7-29)58(48,49)28-30(56-35(47)57-43-33(45)10-11-34(43)46)4-2-3-5-32(44)42(14-18-52-22-26-54-24-20-50-16-12-38-40-36)15-19-53-23-27-55-25-21-51-17-13-39-41-37/h6-9,30H,2-5,10-28H2,1H3. The molecule has 1 fully saturated rings. The number of amides is 3. The smallest absolute Gasteiger partial charge is 0.428 e. The number of imide groups is 1. The number of aryl methyl sites for hydroxylation is 1. The number of hydroxylamine groups is 2. The summed E-state index contributed by atoms with van der Waals surface area (Å²) in [5, 5.41) is 7.07. The molecule has 0 aromatic heterocycles. The number of rotatable bonds is 34. The van der Waals surface area contributed by atoms with Crippen molar-refractivity contribution in [2.24, 2.45) is 10.2 Å². The summed E-state index contributed by atoms with van der Waals surface area (Å²) in [6.07, 6.45) is -2.12. The molecule has 0 bridgehead atoms. The molecule has 0 N–H and O–H groups in total. The van der Waals surface area contributed by atoms with Crippen molar-refractivity contribution in [2.45, 2.75) is 56.4 Å². The van der Waals surface area contributed by atoms with E-state index in [4.69, 9.17) is 49.1 Å². The first-order chi connectivity index (χ1) is 28.1. The third kappa shape index (κ3) is 22.4. The summed E-state index contributed by atoms with van der Waals surface area (Å²) in [5.41, 5.74) is 17.4. The highest BCUT2D eigenvalue weighted by molar-refractivity contribution is 7.91. The molecular formula is C35H54N8O14S. The zero-order chi connectivity index (χ0) is 42.3. The second-order valence-electron chi connectivity index (χ2n) is 12.5. The summed E-state index contributed by atoms with van der Waals surface area (Å²) >= 11 is 0. The van der Waals surface area contributed by atoms with Gasteiger partial charge in [-0.1, -0.05) is 33.0 Å². The average molecular weight is 843 g/mol. The first-order valence-electron chi connectivity index (χ1n) is 18.9. The molecule has 1 saturated heterocycles. The summed E-state index contributed by atoms with van der Waals surface area (Å²) in [4.78, 5) is 61.5. The van der Waals surface area contributed by atoms with Crippen molar-refractivity contribution in [1.82, 2.24) is 9.96 Å². The van der Waals surface area contributed by atoms with E-state index in [2.05, 4.69) is 20.1 Å². The van der Waals surface area contributed by atoms with Crippen molar-refractivity contribution in [3.05, 3.63) is 50.7 Å². The minimum absolute atomic E-state index is 0.0270. The molecule has 1 unspecified atom stereocenters. The monoisotopic (exact) mass is 842 g/mol. The number of hydrogen-bond donors (Lipinski definition) is 0. The second kappa shape index (κ2) is 30.5. The lowest BCUT2D eigenvalue weighted by Gasteiger charge is -2.23. The van der Waals surface area contributed by atoms with E-state index in [1.807, 2.05) is 6.92 Å². The van der Waals surface area contributed by atoms with Crippen molar-refractivity contribution in [1.29, 1.82) is 0 Å². The Bertz CT molecular complexity index is 1540. The summed E-state index contributed by atoms with van der Waals surface area (Å²) in [6.45, 7) is 6.33. The first kappa shape index (κ1) is 49.6. The normalized spacial score (nSPS) is 13.2. The van der Waals surface area contributed by atoms with Crippen LogP contribution in [0.3, 0.4) is 0 Å². The summed E-state index contributed by atoms with van der Waals surface area (Å²) in [7, 11) is -3.93. The van der Waals surface area contributed by atoms with Crippen LogP contribution in [0, 0.1) is 6.92 Å². The van der Waals surface area contributed by atoms with E-state index in [1.165, 1.54) is 12.1 Å². The van der Waals surface area contributed by atoms with Crippen LogP contribution >= 0.6 is 0 Å². The van der Waals surface area contributed by atoms with Gasteiger partial charge in [-0.15, -0.1) is 0 Å². The van der Waals surface area contributed by atoms with Crippen molar-refractivity contribution < 1.29 is 65.6 Å². The SMILES string of the molecule is Cc1ccc(S(=O)(=O)CC(CCCCC(=O)N(CCOCCOCCOCCN=[N+]=[N-])CCOCCOCCOCCN=[N+]=[N-])OC(=O)ON2C(=O)CCC2=O)cc1. The number of sulfone groups is 1. The minimum atomic E-state index is -3.93. The third-order valence-electron chi connectivity index (χ3n) is 8.04. The van der Waals surface area contributed by atoms with Crippen LogP contribution in [0.15, 0.2) is 39.4 Å². The molecule has 23 heteroatoms. The van der Waals surface area contributed by atoms with Gasteiger partial charge in [0.2, 0.25) is 5.91 Å². The molecule has 0 radical (unpaired) electrons. The zero-order valence-corrected chi connectivity index (χ0v) is 33.7. The van der Waals surface area contributed by atoms with E-state index < -0.39 is 39.7 Å². The highest BCUT2D eigenvalue weighted by Crippen LogP contribution is 2.19. The number of unbranched alkanes of at least 4 members (excludes halogenated alkanes) is 1. The van der Waals surface area contributed by atoms with E-state index in [0.29, 0.717) is 64.3 Å². The van der Waals surface area contributed by atoms with Crippen LogP contribution in [-0.4, -0.2) is 160 Å². The van der Waals surface area contributed by atoms with Crippen LogP contribution in [0.2, 0.25) is 0 Å². The number of carbonyl (C=O) groups excluding carboxylic acids is 4. The topological polar surface area (TPSA) is 280 Å². The average Bonchev–Trinajstić information content (AvgIpc) is 3.51. The number of carbonyl (C=O) groups is 4. The summed E-state index contributed by atoms with van der Waals surface area (Å²) in [6, 6.07) is 6.18. The van der Waals surface area contributed by atoms with Crippen LogP contribution in [-0.2, 0) is 62.2 Å². The van der Waals surface area contributed by atoms with Crippen molar-refractivity contribution in [3.8, 4) is 0 Å². The van der Waals surface area contributed by atoms with Crippen LogP contribution < -0.4 is 0 Å².